The number of amides is 2. The smallest absolute Gasteiger partial charge is 0.230 e. The maximum Gasteiger partial charge on any atom is 0.230 e. The number of methoxy groups -OCH3 is 1. The van der Waals surface area contributed by atoms with E-state index in [0.29, 0.717) is 24.7 Å². The molecular weight excluding hydrogens is 384 g/mol. The molecule has 2 amide bonds. The van der Waals surface area contributed by atoms with Crippen molar-refractivity contribution < 1.29 is 18.8 Å². The minimum absolute atomic E-state index is 0.0139. The van der Waals surface area contributed by atoms with Crippen LogP contribution in [0.25, 0.3) is 11.4 Å². The monoisotopic (exact) mass is 412 g/mol. The molecule has 0 radical (unpaired) electrons. The average molecular weight is 412 g/mol. The lowest BCUT2D eigenvalue weighted by Crippen LogP contribution is -2.36. The normalized spacial score (nSPS) is 24.1. The summed E-state index contributed by atoms with van der Waals surface area (Å²) < 4.78 is 10.7. The summed E-state index contributed by atoms with van der Waals surface area (Å²) in [5.74, 6) is 2.68. The van der Waals surface area contributed by atoms with E-state index in [1.165, 1.54) is 0 Å². The molecule has 160 valence electrons. The SMILES string of the molecule is COc1ccc(-c2noc(C3CCC(C(=O)NCC4CC(=O)N(C)C4)CC3)n2)cc1. The first-order valence-corrected chi connectivity index (χ1v) is 10.5. The number of nitrogens with one attached hydrogen (secondary N) is 1. The Morgan fingerprint density at radius 1 is 1.23 bits per heavy atom. The molecule has 30 heavy (non-hydrogen) atoms. The predicted molar refractivity (Wildman–Crippen MR) is 110 cm³/mol. The van der Waals surface area contributed by atoms with Crippen molar-refractivity contribution in [1.82, 2.24) is 20.4 Å². The van der Waals surface area contributed by atoms with Crippen molar-refractivity contribution in [2.75, 3.05) is 27.2 Å². The van der Waals surface area contributed by atoms with Crippen molar-refractivity contribution in [2.24, 2.45) is 11.8 Å². The lowest BCUT2D eigenvalue weighted by Gasteiger charge is -2.26. The highest BCUT2D eigenvalue weighted by molar-refractivity contribution is 5.80. The summed E-state index contributed by atoms with van der Waals surface area (Å²) in [6.07, 6.45) is 3.84. The molecule has 1 aliphatic carbocycles. The van der Waals surface area contributed by atoms with Gasteiger partial charge in [-0.15, -0.1) is 0 Å². The van der Waals surface area contributed by atoms with E-state index < -0.39 is 0 Å². The van der Waals surface area contributed by atoms with Crippen LogP contribution in [0.5, 0.6) is 5.75 Å². The number of ether oxygens (including phenoxy) is 1. The fourth-order valence-electron chi connectivity index (χ4n) is 4.34. The highest BCUT2D eigenvalue weighted by Crippen LogP contribution is 2.36. The second-order valence-corrected chi connectivity index (χ2v) is 8.32. The fraction of sp³-hybridized carbons (Fsp3) is 0.545. The summed E-state index contributed by atoms with van der Waals surface area (Å²) >= 11 is 0. The Morgan fingerprint density at radius 2 is 1.97 bits per heavy atom. The largest absolute Gasteiger partial charge is 0.497 e. The number of carbonyl (C=O) groups excluding carboxylic acids is 2. The number of rotatable bonds is 6. The van der Waals surface area contributed by atoms with Crippen LogP contribution < -0.4 is 10.1 Å². The number of benzene rings is 1. The fourth-order valence-corrected chi connectivity index (χ4v) is 4.34. The summed E-state index contributed by atoms with van der Waals surface area (Å²) in [6, 6.07) is 7.55. The Morgan fingerprint density at radius 3 is 2.60 bits per heavy atom. The lowest BCUT2D eigenvalue weighted by atomic mass is 9.81. The predicted octanol–water partition coefficient (Wildman–Crippen LogP) is 2.61. The Labute approximate surface area is 176 Å². The van der Waals surface area contributed by atoms with E-state index in [4.69, 9.17) is 9.26 Å². The van der Waals surface area contributed by atoms with E-state index in [1.54, 1.807) is 12.0 Å². The van der Waals surface area contributed by atoms with Crippen molar-refractivity contribution >= 4 is 11.8 Å². The van der Waals surface area contributed by atoms with Gasteiger partial charge in [0.2, 0.25) is 23.5 Å². The second kappa shape index (κ2) is 8.85. The van der Waals surface area contributed by atoms with Crippen LogP contribution in [-0.4, -0.2) is 54.1 Å². The molecule has 1 saturated heterocycles. The summed E-state index contributed by atoms with van der Waals surface area (Å²) in [6.45, 7) is 1.29. The topological polar surface area (TPSA) is 97.6 Å². The third kappa shape index (κ3) is 4.47. The van der Waals surface area contributed by atoms with Crippen LogP contribution in [0.4, 0.5) is 0 Å². The zero-order chi connectivity index (χ0) is 21.1. The molecule has 1 aromatic heterocycles. The number of aromatic nitrogens is 2. The zero-order valence-corrected chi connectivity index (χ0v) is 17.5. The van der Waals surface area contributed by atoms with Gasteiger partial charge in [-0.2, -0.15) is 4.98 Å². The van der Waals surface area contributed by atoms with Gasteiger partial charge >= 0.3 is 0 Å². The molecule has 1 atom stereocenters. The van der Waals surface area contributed by atoms with E-state index in [0.717, 1.165) is 43.5 Å². The Kier molecular flexibility index (Phi) is 6.01. The molecule has 1 unspecified atom stereocenters. The van der Waals surface area contributed by atoms with E-state index >= 15 is 0 Å². The standard InChI is InChI=1S/C22H28N4O4/c1-26-13-14(11-19(26)27)12-23-21(28)16-3-5-17(6-4-16)22-24-20(25-30-22)15-7-9-18(29-2)10-8-15/h7-10,14,16-17H,3-6,11-13H2,1-2H3,(H,23,28). The van der Waals surface area contributed by atoms with Crippen LogP contribution in [0.1, 0.15) is 43.9 Å². The van der Waals surface area contributed by atoms with Gasteiger partial charge in [-0.05, 0) is 49.9 Å². The minimum Gasteiger partial charge on any atom is -0.497 e. The lowest BCUT2D eigenvalue weighted by molar-refractivity contribution is -0.127. The zero-order valence-electron chi connectivity index (χ0n) is 17.5. The van der Waals surface area contributed by atoms with E-state index in [-0.39, 0.29) is 29.6 Å². The molecule has 1 N–H and O–H groups in total. The van der Waals surface area contributed by atoms with Gasteiger partial charge in [-0.25, -0.2) is 0 Å². The van der Waals surface area contributed by atoms with Gasteiger partial charge in [0.15, 0.2) is 0 Å². The molecule has 2 heterocycles. The average Bonchev–Trinajstić information content (AvgIpc) is 3.39. The first-order chi connectivity index (χ1) is 14.5. The molecule has 0 bridgehead atoms. The van der Waals surface area contributed by atoms with Crippen molar-refractivity contribution in [3.05, 3.63) is 30.2 Å². The van der Waals surface area contributed by atoms with E-state index in [1.807, 2.05) is 31.3 Å². The third-order valence-corrected chi connectivity index (χ3v) is 6.22. The molecule has 2 aliphatic rings. The second-order valence-electron chi connectivity index (χ2n) is 8.32. The minimum atomic E-state index is 0.0139. The Bertz CT molecular complexity index is 887. The summed E-state index contributed by atoms with van der Waals surface area (Å²) in [5.41, 5.74) is 0.884. The van der Waals surface area contributed by atoms with Crippen LogP contribution in [0.2, 0.25) is 0 Å². The Hall–Kier alpha value is -2.90. The highest BCUT2D eigenvalue weighted by atomic mass is 16.5. The molecule has 8 heteroatoms. The van der Waals surface area contributed by atoms with Crippen molar-refractivity contribution in [1.29, 1.82) is 0 Å². The highest BCUT2D eigenvalue weighted by Gasteiger charge is 2.31. The first-order valence-electron chi connectivity index (χ1n) is 10.5. The molecular formula is C22H28N4O4. The van der Waals surface area contributed by atoms with Crippen LogP contribution >= 0.6 is 0 Å². The van der Waals surface area contributed by atoms with Crippen LogP contribution in [0.15, 0.2) is 28.8 Å². The molecule has 1 saturated carbocycles. The van der Waals surface area contributed by atoms with E-state index in [2.05, 4.69) is 15.5 Å². The Balaban J connectivity index is 1.26. The number of carbonyl (C=O) groups is 2. The van der Waals surface area contributed by atoms with Crippen LogP contribution in [-0.2, 0) is 9.59 Å². The van der Waals surface area contributed by atoms with Gasteiger partial charge in [-0.1, -0.05) is 5.16 Å². The molecule has 2 fully saturated rings. The van der Waals surface area contributed by atoms with Crippen LogP contribution in [0, 0.1) is 11.8 Å². The maximum absolute atomic E-state index is 12.5. The summed E-state index contributed by atoms with van der Waals surface area (Å²) in [4.78, 5) is 30.4. The van der Waals surface area contributed by atoms with Gasteiger partial charge < -0.3 is 19.5 Å². The van der Waals surface area contributed by atoms with Crippen molar-refractivity contribution in [3.8, 4) is 17.1 Å². The molecule has 1 aliphatic heterocycles. The number of hydrogen-bond acceptors (Lipinski definition) is 6. The van der Waals surface area contributed by atoms with Crippen molar-refractivity contribution in [3.63, 3.8) is 0 Å². The third-order valence-electron chi connectivity index (χ3n) is 6.22. The number of hydrogen-bond donors (Lipinski definition) is 1. The number of nitrogens with zero attached hydrogens (tertiary/aromatic N) is 3. The molecule has 0 spiro atoms. The van der Waals surface area contributed by atoms with E-state index in [9.17, 15) is 9.59 Å². The summed E-state index contributed by atoms with van der Waals surface area (Å²) in [7, 11) is 3.44. The molecule has 4 rings (SSSR count). The summed E-state index contributed by atoms with van der Waals surface area (Å²) in [5, 5.41) is 7.16. The van der Waals surface area contributed by atoms with Crippen LogP contribution in [0.3, 0.4) is 0 Å². The van der Waals surface area contributed by atoms with Gasteiger partial charge in [0.1, 0.15) is 5.75 Å². The van der Waals surface area contributed by atoms with Crippen molar-refractivity contribution in [2.45, 2.75) is 38.0 Å². The maximum atomic E-state index is 12.5. The first kappa shape index (κ1) is 20.4. The van der Waals surface area contributed by atoms with Gasteiger partial charge in [0, 0.05) is 49.9 Å². The molecule has 1 aromatic carbocycles. The van der Waals surface area contributed by atoms with Gasteiger partial charge in [0.05, 0.1) is 7.11 Å². The molecule has 8 nitrogen and oxygen atoms in total. The quantitative estimate of drug-likeness (QED) is 0.783. The molecule has 2 aromatic rings. The van der Waals surface area contributed by atoms with Gasteiger partial charge in [-0.3, -0.25) is 9.59 Å². The van der Waals surface area contributed by atoms with Gasteiger partial charge in [0.25, 0.3) is 0 Å². The number of likely N-dealkylation sites (tertiary alicyclic amines) is 1.